The summed E-state index contributed by atoms with van der Waals surface area (Å²) in [4.78, 5) is 10.3. The van der Waals surface area contributed by atoms with Crippen molar-refractivity contribution in [2.24, 2.45) is 0 Å². The van der Waals surface area contributed by atoms with Crippen LogP contribution in [-0.2, 0) is 6.54 Å². The highest BCUT2D eigenvalue weighted by Crippen LogP contribution is 2.30. The van der Waals surface area contributed by atoms with Crippen LogP contribution in [0.25, 0.3) is 0 Å². The summed E-state index contributed by atoms with van der Waals surface area (Å²) in [5.41, 5.74) is 0.929. The number of nitro benzene ring substituents is 1. The largest absolute Gasteiger partial charge is 0.375 e. The van der Waals surface area contributed by atoms with E-state index in [-0.39, 0.29) is 15.8 Å². The van der Waals surface area contributed by atoms with E-state index in [0.717, 1.165) is 16.1 Å². The van der Waals surface area contributed by atoms with Gasteiger partial charge in [-0.25, -0.2) is 4.39 Å². The van der Waals surface area contributed by atoms with Crippen LogP contribution >= 0.6 is 31.9 Å². The van der Waals surface area contributed by atoms with Crippen LogP contribution in [-0.4, -0.2) is 4.92 Å². The molecule has 0 bridgehead atoms. The van der Waals surface area contributed by atoms with Crippen LogP contribution in [0.3, 0.4) is 0 Å². The number of hydrogen-bond donors (Lipinski definition) is 1. The van der Waals surface area contributed by atoms with E-state index in [9.17, 15) is 14.5 Å². The highest BCUT2D eigenvalue weighted by molar-refractivity contribution is 9.10. The number of nitro groups is 1. The molecule has 0 aliphatic carbocycles. The first kappa shape index (κ1) is 14.9. The summed E-state index contributed by atoms with van der Waals surface area (Å²) < 4.78 is 14.5. The fourth-order valence-electron chi connectivity index (χ4n) is 1.67. The predicted molar refractivity (Wildman–Crippen MR) is 82.2 cm³/mol. The van der Waals surface area contributed by atoms with Gasteiger partial charge in [0, 0.05) is 11.0 Å². The summed E-state index contributed by atoms with van der Waals surface area (Å²) in [6.07, 6.45) is 0. The second kappa shape index (κ2) is 6.32. The van der Waals surface area contributed by atoms with Crippen molar-refractivity contribution < 1.29 is 9.31 Å². The first-order valence-electron chi connectivity index (χ1n) is 5.59. The number of nitrogens with one attached hydrogen (secondary N) is 1. The molecule has 0 heterocycles. The van der Waals surface area contributed by atoms with Crippen LogP contribution in [0.4, 0.5) is 15.8 Å². The van der Waals surface area contributed by atoms with E-state index in [1.165, 1.54) is 6.07 Å². The average molecular weight is 404 g/mol. The van der Waals surface area contributed by atoms with Gasteiger partial charge in [-0.3, -0.25) is 10.1 Å². The van der Waals surface area contributed by atoms with Gasteiger partial charge in [0.1, 0.15) is 11.5 Å². The molecule has 0 radical (unpaired) electrons. The molecule has 2 aromatic rings. The van der Waals surface area contributed by atoms with Gasteiger partial charge in [-0.1, -0.05) is 28.1 Å². The van der Waals surface area contributed by atoms with Crippen LogP contribution in [0.1, 0.15) is 5.56 Å². The van der Waals surface area contributed by atoms with Crippen molar-refractivity contribution in [3.05, 3.63) is 66.8 Å². The zero-order valence-electron chi connectivity index (χ0n) is 10.1. The molecule has 1 N–H and O–H groups in total. The zero-order chi connectivity index (χ0) is 14.7. The van der Waals surface area contributed by atoms with E-state index >= 15 is 0 Å². The van der Waals surface area contributed by atoms with Gasteiger partial charge in [0.25, 0.3) is 5.69 Å². The van der Waals surface area contributed by atoms with Crippen molar-refractivity contribution >= 4 is 43.2 Å². The Balaban J connectivity index is 2.24. The van der Waals surface area contributed by atoms with Crippen LogP contribution < -0.4 is 5.32 Å². The van der Waals surface area contributed by atoms with E-state index in [0.29, 0.717) is 6.54 Å². The Hall–Kier alpha value is -1.47. The molecule has 0 saturated carbocycles. The normalized spacial score (nSPS) is 10.3. The van der Waals surface area contributed by atoms with Crippen LogP contribution in [0, 0.1) is 15.9 Å². The molecule has 0 saturated heterocycles. The molecule has 0 atom stereocenters. The van der Waals surface area contributed by atoms with Crippen LogP contribution in [0.15, 0.2) is 45.3 Å². The molecule has 7 heteroatoms. The maximum absolute atomic E-state index is 13.4. The third-order valence-corrected chi connectivity index (χ3v) is 3.71. The summed E-state index contributed by atoms with van der Waals surface area (Å²) in [5.74, 6) is -0.662. The number of hydrogen-bond acceptors (Lipinski definition) is 3. The molecular formula is C13H9Br2FN2O2. The molecule has 0 spiro atoms. The van der Waals surface area contributed by atoms with Crippen molar-refractivity contribution in [2.45, 2.75) is 6.54 Å². The minimum Gasteiger partial charge on any atom is -0.375 e. The smallest absolute Gasteiger partial charge is 0.295 e. The molecule has 0 aliphatic rings. The van der Waals surface area contributed by atoms with Gasteiger partial charge in [-0.15, -0.1) is 0 Å². The van der Waals surface area contributed by atoms with E-state index in [2.05, 4.69) is 37.2 Å². The molecule has 2 rings (SSSR count). The summed E-state index contributed by atoms with van der Waals surface area (Å²) in [6.45, 7) is 0.401. The lowest BCUT2D eigenvalue weighted by Crippen LogP contribution is -2.03. The Morgan fingerprint density at radius 1 is 1.25 bits per heavy atom. The monoisotopic (exact) mass is 402 g/mol. The third kappa shape index (κ3) is 3.55. The molecule has 0 amide bonds. The molecule has 104 valence electrons. The lowest BCUT2D eigenvalue weighted by atomic mass is 10.2. The van der Waals surface area contributed by atoms with E-state index in [4.69, 9.17) is 0 Å². The molecule has 4 nitrogen and oxygen atoms in total. The number of rotatable bonds is 4. The molecular weight excluding hydrogens is 395 g/mol. The van der Waals surface area contributed by atoms with Crippen LogP contribution in [0.2, 0.25) is 0 Å². The highest BCUT2D eigenvalue weighted by Gasteiger charge is 2.17. The number of anilines is 1. The minimum atomic E-state index is -0.662. The Morgan fingerprint density at radius 3 is 2.65 bits per heavy atom. The van der Waals surface area contributed by atoms with Gasteiger partial charge in [0.05, 0.1) is 15.5 Å². The lowest BCUT2D eigenvalue weighted by Gasteiger charge is -2.08. The number of halogens is 3. The molecule has 0 aromatic heterocycles. The number of benzene rings is 2. The van der Waals surface area contributed by atoms with Gasteiger partial charge in [-0.05, 0) is 39.7 Å². The lowest BCUT2D eigenvalue weighted by molar-refractivity contribution is -0.384. The van der Waals surface area contributed by atoms with Gasteiger partial charge in [-0.2, -0.15) is 0 Å². The molecule has 0 aliphatic heterocycles. The number of nitrogens with zero attached hydrogens (tertiary/aromatic N) is 1. The fourth-order valence-corrected chi connectivity index (χ4v) is 2.46. The summed E-state index contributed by atoms with van der Waals surface area (Å²) in [5, 5.41) is 13.9. The summed E-state index contributed by atoms with van der Waals surface area (Å²) >= 11 is 6.38. The Labute approximate surface area is 131 Å². The second-order valence-corrected chi connectivity index (χ2v) is 5.79. The minimum absolute atomic E-state index is 0.180. The third-order valence-electron chi connectivity index (χ3n) is 2.61. The topological polar surface area (TPSA) is 55.2 Å². The summed E-state index contributed by atoms with van der Waals surface area (Å²) in [7, 11) is 0. The van der Waals surface area contributed by atoms with E-state index in [1.54, 1.807) is 0 Å². The zero-order valence-corrected chi connectivity index (χ0v) is 13.2. The van der Waals surface area contributed by atoms with Gasteiger partial charge >= 0.3 is 0 Å². The first-order chi connectivity index (χ1) is 9.47. The maximum Gasteiger partial charge on any atom is 0.295 e. The fraction of sp³-hybridized carbons (Fsp3) is 0.0769. The molecule has 20 heavy (non-hydrogen) atoms. The Bertz CT molecular complexity index is 665. The van der Waals surface area contributed by atoms with Crippen LogP contribution in [0.5, 0.6) is 0 Å². The van der Waals surface area contributed by atoms with Gasteiger partial charge in [0.2, 0.25) is 0 Å². The first-order valence-corrected chi connectivity index (χ1v) is 7.17. The van der Waals surface area contributed by atoms with E-state index < -0.39 is 10.7 Å². The van der Waals surface area contributed by atoms with Crippen molar-refractivity contribution in [3.63, 3.8) is 0 Å². The van der Waals surface area contributed by atoms with Crippen molar-refractivity contribution in [1.82, 2.24) is 0 Å². The van der Waals surface area contributed by atoms with Crippen molar-refractivity contribution in [1.29, 1.82) is 0 Å². The van der Waals surface area contributed by atoms with E-state index in [1.807, 2.05) is 24.3 Å². The van der Waals surface area contributed by atoms with Gasteiger partial charge in [0.15, 0.2) is 0 Å². The highest BCUT2D eigenvalue weighted by atomic mass is 79.9. The quantitative estimate of drug-likeness (QED) is 0.585. The summed E-state index contributed by atoms with van der Waals surface area (Å²) in [6, 6.07) is 9.81. The maximum atomic E-state index is 13.4. The molecule has 0 fully saturated rings. The predicted octanol–water partition coefficient (Wildman–Crippen LogP) is 4.87. The van der Waals surface area contributed by atoms with Gasteiger partial charge < -0.3 is 5.32 Å². The molecule has 0 unspecified atom stereocenters. The Kier molecular flexibility index (Phi) is 4.72. The SMILES string of the molecule is O=[N+]([O-])c1cc(F)c(Br)cc1NCc1cccc(Br)c1. The second-order valence-electron chi connectivity index (χ2n) is 4.02. The Morgan fingerprint density at radius 2 is 2.00 bits per heavy atom. The van der Waals surface area contributed by atoms with Crippen molar-refractivity contribution in [2.75, 3.05) is 5.32 Å². The molecule has 2 aromatic carbocycles. The average Bonchev–Trinajstić information content (AvgIpc) is 2.39. The standard InChI is InChI=1S/C13H9Br2FN2O2/c14-9-3-1-2-8(4-9)7-17-12-5-10(15)11(16)6-13(12)18(19)20/h1-6,17H,7H2. The van der Waals surface area contributed by atoms with Crippen molar-refractivity contribution in [3.8, 4) is 0 Å².